The fraction of sp³-hybridized carbons (Fsp3) is 0.222. The van der Waals surface area contributed by atoms with Crippen molar-refractivity contribution in [2.45, 2.75) is 12.3 Å². The maximum atomic E-state index is 11.0. The van der Waals surface area contributed by atoms with E-state index in [4.69, 9.17) is 17.3 Å². The van der Waals surface area contributed by atoms with Crippen molar-refractivity contribution >= 4 is 39.0 Å². The van der Waals surface area contributed by atoms with E-state index in [1.54, 1.807) is 12.1 Å². The number of nitrogen functional groups attached to an aromatic ring is 1. The zero-order valence-corrected chi connectivity index (χ0v) is 9.39. The van der Waals surface area contributed by atoms with Crippen LogP contribution in [0.2, 0.25) is 0 Å². The lowest BCUT2D eigenvalue weighted by Crippen LogP contribution is -2.05. The number of carbonyl (C=O) groups excluding carboxylic acids is 1. The quantitative estimate of drug-likeness (QED) is 0.658. The molecule has 0 saturated heterocycles. The van der Waals surface area contributed by atoms with Crippen molar-refractivity contribution in [2.75, 3.05) is 5.73 Å². The van der Waals surface area contributed by atoms with E-state index in [1.807, 2.05) is 6.07 Å². The summed E-state index contributed by atoms with van der Waals surface area (Å²) in [7, 11) is 0. The molecule has 2 N–H and O–H groups in total. The van der Waals surface area contributed by atoms with E-state index in [2.05, 4.69) is 15.9 Å². The van der Waals surface area contributed by atoms with Gasteiger partial charge >= 0.3 is 0 Å². The number of hydrogen-bond acceptors (Lipinski definition) is 2. The Morgan fingerprint density at radius 3 is 2.69 bits per heavy atom. The maximum Gasteiger partial charge on any atom is 0.152 e. The summed E-state index contributed by atoms with van der Waals surface area (Å²) in [5.74, 6) is -0.111. The summed E-state index contributed by atoms with van der Waals surface area (Å²) >= 11 is 9.19. The Bertz CT molecular complexity index is 320. The molecule has 0 saturated carbocycles. The van der Waals surface area contributed by atoms with Gasteiger partial charge in [0.25, 0.3) is 0 Å². The van der Waals surface area contributed by atoms with Gasteiger partial charge in [0.15, 0.2) is 5.78 Å². The van der Waals surface area contributed by atoms with Gasteiger partial charge in [0, 0.05) is 15.7 Å². The highest BCUT2D eigenvalue weighted by atomic mass is 79.9. The van der Waals surface area contributed by atoms with Crippen LogP contribution < -0.4 is 5.73 Å². The van der Waals surface area contributed by atoms with Gasteiger partial charge in [-0.3, -0.25) is 4.79 Å². The number of rotatable bonds is 2. The van der Waals surface area contributed by atoms with Crippen LogP contribution in [0, 0.1) is 0 Å². The second-order valence-electron chi connectivity index (χ2n) is 2.72. The molecule has 0 aromatic heterocycles. The van der Waals surface area contributed by atoms with Crippen LogP contribution in [0.3, 0.4) is 0 Å². The molecule has 1 atom stereocenters. The molecule has 0 aliphatic carbocycles. The monoisotopic (exact) mass is 261 g/mol. The van der Waals surface area contributed by atoms with Crippen LogP contribution in [0.25, 0.3) is 0 Å². The third kappa shape index (κ3) is 2.23. The lowest BCUT2D eigenvalue weighted by atomic mass is 10.1. The molecule has 0 aliphatic heterocycles. The van der Waals surface area contributed by atoms with Crippen molar-refractivity contribution in [3.8, 4) is 0 Å². The molecule has 0 spiro atoms. The molecule has 13 heavy (non-hydrogen) atoms. The van der Waals surface area contributed by atoms with Gasteiger partial charge in [-0.05, 0) is 19.1 Å². The normalized spacial score (nSPS) is 12.5. The highest BCUT2D eigenvalue weighted by molar-refractivity contribution is 9.10. The molecule has 0 bridgehead atoms. The molecular weight excluding hydrogens is 253 g/mol. The number of Topliss-reactive ketones (excluding diaryl/α,β-unsaturated/α-hetero) is 1. The first kappa shape index (κ1) is 10.5. The van der Waals surface area contributed by atoms with Gasteiger partial charge in [0.05, 0.1) is 0 Å². The van der Waals surface area contributed by atoms with Gasteiger partial charge in [0.2, 0.25) is 0 Å². The number of anilines is 1. The van der Waals surface area contributed by atoms with Crippen LogP contribution in [-0.4, -0.2) is 5.78 Å². The first-order chi connectivity index (χ1) is 6.04. The van der Waals surface area contributed by atoms with Crippen molar-refractivity contribution in [2.24, 2.45) is 0 Å². The predicted molar refractivity (Wildman–Crippen MR) is 57.8 cm³/mol. The average molecular weight is 263 g/mol. The van der Waals surface area contributed by atoms with E-state index in [0.29, 0.717) is 11.3 Å². The third-order valence-corrected chi connectivity index (χ3v) is 2.91. The first-order valence-corrected chi connectivity index (χ1v) is 4.95. The zero-order chi connectivity index (χ0) is 10.0. The zero-order valence-electron chi connectivity index (χ0n) is 7.05. The van der Waals surface area contributed by atoms with E-state index in [9.17, 15) is 4.79 Å². The Morgan fingerprint density at radius 2 is 2.23 bits per heavy atom. The molecule has 0 radical (unpaired) electrons. The largest absolute Gasteiger partial charge is 0.398 e. The molecular formula is C9H9BrClNO. The third-order valence-electron chi connectivity index (χ3n) is 1.70. The van der Waals surface area contributed by atoms with Crippen LogP contribution in [-0.2, 0) is 4.79 Å². The summed E-state index contributed by atoms with van der Waals surface area (Å²) in [4.78, 5) is 11.0. The van der Waals surface area contributed by atoms with Gasteiger partial charge in [-0.25, -0.2) is 0 Å². The van der Waals surface area contributed by atoms with Gasteiger partial charge in [0.1, 0.15) is 5.38 Å². The second kappa shape index (κ2) is 4.11. The molecule has 70 valence electrons. The van der Waals surface area contributed by atoms with Crippen molar-refractivity contribution in [3.63, 3.8) is 0 Å². The number of hydrogen-bond donors (Lipinski definition) is 1. The van der Waals surface area contributed by atoms with Gasteiger partial charge in [-0.2, -0.15) is 0 Å². The van der Waals surface area contributed by atoms with Gasteiger partial charge < -0.3 is 5.73 Å². The van der Waals surface area contributed by atoms with E-state index >= 15 is 0 Å². The molecule has 1 aromatic rings. The highest BCUT2D eigenvalue weighted by Gasteiger charge is 2.18. The number of carbonyl (C=O) groups is 1. The number of halogens is 2. The van der Waals surface area contributed by atoms with Crippen LogP contribution in [0.1, 0.15) is 17.9 Å². The van der Waals surface area contributed by atoms with Crippen LogP contribution >= 0.6 is 27.5 Å². The van der Waals surface area contributed by atoms with Crippen molar-refractivity contribution in [1.29, 1.82) is 0 Å². The summed E-state index contributed by atoms with van der Waals surface area (Å²) in [6, 6.07) is 5.33. The Balaban J connectivity index is 3.20. The molecule has 0 heterocycles. The van der Waals surface area contributed by atoms with E-state index in [-0.39, 0.29) is 5.78 Å². The number of alkyl halides is 1. The van der Waals surface area contributed by atoms with Crippen molar-refractivity contribution in [1.82, 2.24) is 0 Å². The SMILES string of the molecule is CC(=O)C(Cl)c1c(N)cccc1Br. The molecule has 1 rings (SSSR count). The lowest BCUT2D eigenvalue weighted by molar-refractivity contribution is -0.116. The number of nitrogens with two attached hydrogens (primary N) is 1. The fourth-order valence-electron chi connectivity index (χ4n) is 1.02. The first-order valence-electron chi connectivity index (χ1n) is 3.72. The number of ketones is 1. The Kier molecular flexibility index (Phi) is 3.33. The molecule has 2 nitrogen and oxygen atoms in total. The summed E-state index contributed by atoms with van der Waals surface area (Å²) in [5.41, 5.74) is 6.88. The average Bonchev–Trinajstić information content (AvgIpc) is 2.03. The molecule has 1 aromatic carbocycles. The smallest absolute Gasteiger partial charge is 0.152 e. The van der Waals surface area contributed by atoms with Crippen LogP contribution in [0.5, 0.6) is 0 Å². The minimum absolute atomic E-state index is 0.111. The molecule has 4 heteroatoms. The van der Waals surface area contributed by atoms with Gasteiger partial charge in [-0.1, -0.05) is 22.0 Å². The highest BCUT2D eigenvalue weighted by Crippen LogP contribution is 2.33. The summed E-state index contributed by atoms with van der Waals surface area (Å²) in [6.07, 6.45) is 0. The topological polar surface area (TPSA) is 43.1 Å². The standard InChI is InChI=1S/C9H9BrClNO/c1-5(13)9(11)8-6(10)3-2-4-7(8)12/h2-4,9H,12H2,1H3. The summed E-state index contributed by atoms with van der Waals surface area (Å²) < 4.78 is 0.766. The molecule has 0 fully saturated rings. The number of benzene rings is 1. The van der Waals surface area contributed by atoms with E-state index in [1.165, 1.54) is 6.92 Å². The summed E-state index contributed by atoms with van der Waals surface area (Å²) in [6.45, 7) is 1.44. The van der Waals surface area contributed by atoms with Gasteiger partial charge in [-0.15, -0.1) is 11.6 Å². The van der Waals surface area contributed by atoms with E-state index in [0.717, 1.165) is 4.47 Å². The Labute approximate surface area is 90.2 Å². The van der Waals surface area contributed by atoms with Crippen LogP contribution in [0.15, 0.2) is 22.7 Å². The fourth-order valence-corrected chi connectivity index (χ4v) is 2.01. The molecule has 0 amide bonds. The minimum Gasteiger partial charge on any atom is -0.398 e. The lowest BCUT2D eigenvalue weighted by Gasteiger charge is -2.11. The van der Waals surface area contributed by atoms with Crippen LogP contribution in [0.4, 0.5) is 5.69 Å². The van der Waals surface area contributed by atoms with Crippen molar-refractivity contribution < 1.29 is 4.79 Å². The second-order valence-corrected chi connectivity index (χ2v) is 4.01. The van der Waals surface area contributed by atoms with Crippen molar-refractivity contribution in [3.05, 3.63) is 28.2 Å². The predicted octanol–water partition coefficient (Wildman–Crippen LogP) is 2.90. The summed E-state index contributed by atoms with van der Waals surface area (Å²) in [5, 5.41) is -0.671. The Morgan fingerprint density at radius 1 is 1.62 bits per heavy atom. The Hall–Kier alpha value is -0.540. The van der Waals surface area contributed by atoms with E-state index < -0.39 is 5.38 Å². The molecule has 1 unspecified atom stereocenters. The minimum atomic E-state index is -0.671. The maximum absolute atomic E-state index is 11.0. The molecule has 0 aliphatic rings.